The van der Waals surface area contributed by atoms with Crippen LogP contribution in [-0.2, 0) is 11.3 Å². The Morgan fingerprint density at radius 1 is 0.903 bits per heavy atom. The van der Waals surface area contributed by atoms with Crippen LogP contribution in [0.4, 0.5) is 5.69 Å². The Hall–Kier alpha value is -3.06. The van der Waals surface area contributed by atoms with E-state index in [1.807, 2.05) is 60.7 Å². The number of piperidine rings is 1. The first-order chi connectivity index (χ1) is 15.3. The van der Waals surface area contributed by atoms with Crippen molar-refractivity contribution in [3.63, 3.8) is 0 Å². The maximum Gasteiger partial charge on any atom is 0.227 e. The molecule has 1 fully saturated rings. The van der Waals surface area contributed by atoms with Crippen LogP contribution in [0.5, 0.6) is 0 Å². The molecule has 0 spiro atoms. The highest BCUT2D eigenvalue weighted by atomic mass is 16.1. The summed E-state index contributed by atoms with van der Waals surface area (Å²) < 4.78 is 0. The third kappa shape index (κ3) is 6.21. The van der Waals surface area contributed by atoms with Crippen molar-refractivity contribution in [2.75, 3.05) is 25.0 Å². The van der Waals surface area contributed by atoms with Gasteiger partial charge < -0.3 is 10.2 Å². The highest BCUT2D eigenvalue weighted by Gasteiger charge is 2.24. The minimum atomic E-state index is 0.119. The maximum atomic E-state index is 12.5. The lowest BCUT2D eigenvalue weighted by Crippen LogP contribution is -2.38. The van der Waals surface area contributed by atoms with E-state index in [-0.39, 0.29) is 11.8 Å². The van der Waals surface area contributed by atoms with Crippen molar-refractivity contribution >= 4 is 11.6 Å². The number of rotatable bonds is 9. The van der Waals surface area contributed by atoms with Gasteiger partial charge in [-0.2, -0.15) is 4.80 Å². The summed E-state index contributed by atoms with van der Waals surface area (Å²) in [6.45, 7) is 3.88. The molecule has 1 aliphatic rings. The standard InChI is InChI=1S/C24H30N6O/c31-24(25-22-12-6-2-7-13-22)21-14-18-29(19-15-21)16-8-3-9-17-30-27-23(26-28-30)20-10-4-1-5-11-20/h1-2,4-7,10-13,21H,3,8-9,14-19H2,(H,25,31). The van der Waals surface area contributed by atoms with E-state index in [1.54, 1.807) is 4.80 Å². The van der Waals surface area contributed by atoms with Gasteiger partial charge in [-0.05, 0) is 62.7 Å². The van der Waals surface area contributed by atoms with Crippen molar-refractivity contribution in [1.82, 2.24) is 25.1 Å². The number of carbonyl (C=O) groups is 1. The van der Waals surface area contributed by atoms with Gasteiger partial charge in [0.1, 0.15) is 0 Å². The zero-order chi connectivity index (χ0) is 21.3. The van der Waals surface area contributed by atoms with Crippen LogP contribution < -0.4 is 5.32 Å². The van der Waals surface area contributed by atoms with Crippen LogP contribution in [0.2, 0.25) is 0 Å². The molecule has 0 unspecified atom stereocenters. The number of tetrazole rings is 1. The fourth-order valence-corrected chi connectivity index (χ4v) is 3.99. The molecule has 1 N–H and O–H groups in total. The fraction of sp³-hybridized carbons (Fsp3) is 0.417. The highest BCUT2D eigenvalue weighted by Crippen LogP contribution is 2.20. The van der Waals surface area contributed by atoms with Gasteiger partial charge >= 0.3 is 0 Å². The molecule has 0 radical (unpaired) electrons. The third-order valence-electron chi connectivity index (χ3n) is 5.82. The van der Waals surface area contributed by atoms with Crippen LogP contribution in [-0.4, -0.2) is 50.6 Å². The van der Waals surface area contributed by atoms with E-state index in [2.05, 4.69) is 25.6 Å². The topological polar surface area (TPSA) is 75.9 Å². The first kappa shape index (κ1) is 21.2. The minimum absolute atomic E-state index is 0.119. The van der Waals surface area contributed by atoms with Crippen molar-refractivity contribution < 1.29 is 4.79 Å². The summed E-state index contributed by atoms with van der Waals surface area (Å²) in [5, 5.41) is 15.8. The second kappa shape index (κ2) is 10.8. The lowest BCUT2D eigenvalue weighted by Gasteiger charge is -2.31. The van der Waals surface area contributed by atoms with Gasteiger partial charge in [0.15, 0.2) is 0 Å². The molecular formula is C24H30N6O. The van der Waals surface area contributed by atoms with E-state index in [4.69, 9.17) is 0 Å². The number of carbonyl (C=O) groups excluding carboxylic acids is 1. The monoisotopic (exact) mass is 418 g/mol. The van der Waals surface area contributed by atoms with Crippen LogP contribution in [0.1, 0.15) is 32.1 Å². The van der Waals surface area contributed by atoms with E-state index in [1.165, 1.54) is 0 Å². The zero-order valence-electron chi connectivity index (χ0n) is 17.9. The number of benzene rings is 2. The molecule has 162 valence electrons. The number of anilines is 1. The van der Waals surface area contributed by atoms with Crippen LogP contribution >= 0.6 is 0 Å². The maximum absolute atomic E-state index is 12.5. The van der Waals surface area contributed by atoms with Crippen molar-refractivity contribution in [1.29, 1.82) is 0 Å². The Morgan fingerprint density at radius 3 is 2.32 bits per heavy atom. The largest absolute Gasteiger partial charge is 0.326 e. The number of aromatic nitrogens is 4. The lowest BCUT2D eigenvalue weighted by atomic mass is 9.95. The molecule has 2 heterocycles. The number of likely N-dealkylation sites (tertiary alicyclic amines) is 1. The highest BCUT2D eigenvalue weighted by molar-refractivity contribution is 5.92. The molecule has 1 aromatic heterocycles. The van der Waals surface area contributed by atoms with Gasteiger partial charge in [-0.15, -0.1) is 10.2 Å². The Bertz CT molecular complexity index is 935. The molecule has 1 aliphatic heterocycles. The van der Waals surface area contributed by atoms with Crippen LogP contribution in [0.15, 0.2) is 60.7 Å². The Labute approximate surface area is 183 Å². The van der Waals surface area contributed by atoms with Crippen LogP contribution in [0.3, 0.4) is 0 Å². The number of nitrogens with zero attached hydrogens (tertiary/aromatic N) is 5. The molecular weight excluding hydrogens is 388 g/mol. The van der Waals surface area contributed by atoms with Crippen molar-refractivity contribution in [3.05, 3.63) is 60.7 Å². The summed E-state index contributed by atoms with van der Waals surface area (Å²) in [6, 6.07) is 19.6. The molecule has 7 nitrogen and oxygen atoms in total. The molecule has 1 amide bonds. The molecule has 0 atom stereocenters. The summed E-state index contributed by atoms with van der Waals surface area (Å²) in [7, 11) is 0. The summed E-state index contributed by atoms with van der Waals surface area (Å²) in [6.07, 6.45) is 5.20. The number of aryl methyl sites for hydroxylation is 1. The number of amides is 1. The van der Waals surface area contributed by atoms with Crippen molar-refractivity contribution in [3.8, 4) is 11.4 Å². The van der Waals surface area contributed by atoms with Gasteiger partial charge in [-0.3, -0.25) is 4.79 Å². The van der Waals surface area contributed by atoms with Gasteiger partial charge in [0.2, 0.25) is 11.7 Å². The quantitative estimate of drug-likeness (QED) is 0.534. The molecule has 31 heavy (non-hydrogen) atoms. The SMILES string of the molecule is O=C(Nc1ccccc1)C1CCN(CCCCCn2nnc(-c3ccccc3)n2)CC1. The summed E-state index contributed by atoms with van der Waals surface area (Å²) >= 11 is 0. The number of nitrogens with one attached hydrogen (secondary N) is 1. The smallest absolute Gasteiger partial charge is 0.227 e. The second-order valence-corrected chi connectivity index (χ2v) is 8.11. The molecule has 0 saturated carbocycles. The average Bonchev–Trinajstić information content (AvgIpc) is 3.29. The molecule has 7 heteroatoms. The number of unbranched alkanes of at least 4 members (excludes halogenated alkanes) is 2. The molecule has 3 aromatic rings. The average molecular weight is 419 g/mol. The zero-order valence-corrected chi connectivity index (χ0v) is 17.9. The Kier molecular flexibility index (Phi) is 7.39. The molecule has 1 saturated heterocycles. The Morgan fingerprint density at radius 2 is 1.58 bits per heavy atom. The van der Waals surface area contributed by atoms with Crippen LogP contribution in [0, 0.1) is 5.92 Å². The van der Waals surface area contributed by atoms with Gasteiger partial charge in [-0.1, -0.05) is 55.0 Å². The Balaban J connectivity index is 1.10. The first-order valence-corrected chi connectivity index (χ1v) is 11.2. The van der Waals surface area contributed by atoms with Crippen molar-refractivity contribution in [2.45, 2.75) is 38.6 Å². The summed E-state index contributed by atoms with van der Waals surface area (Å²) in [4.78, 5) is 16.6. The number of hydrogen-bond donors (Lipinski definition) is 1. The predicted molar refractivity (Wildman–Crippen MR) is 121 cm³/mol. The summed E-state index contributed by atoms with van der Waals surface area (Å²) in [5.74, 6) is 0.953. The van der Waals surface area contributed by atoms with E-state index >= 15 is 0 Å². The molecule has 2 aromatic carbocycles. The predicted octanol–water partition coefficient (Wildman–Crippen LogP) is 3.86. The normalized spacial score (nSPS) is 15.1. The number of para-hydroxylation sites is 1. The van der Waals surface area contributed by atoms with Gasteiger partial charge in [0.25, 0.3) is 0 Å². The van der Waals surface area contributed by atoms with Gasteiger partial charge in [0.05, 0.1) is 6.54 Å². The minimum Gasteiger partial charge on any atom is -0.326 e. The van der Waals surface area contributed by atoms with E-state index < -0.39 is 0 Å². The van der Waals surface area contributed by atoms with Gasteiger partial charge in [0, 0.05) is 17.2 Å². The van der Waals surface area contributed by atoms with Crippen LogP contribution in [0.25, 0.3) is 11.4 Å². The van der Waals surface area contributed by atoms with E-state index in [0.717, 1.165) is 69.5 Å². The molecule has 0 bridgehead atoms. The van der Waals surface area contributed by atoms with Gasteiger partial charge in [-0.25, -0.2) is 0 Å². The van der Waals surface area contributed by atoms with E-state index in [0.29, 0.717) is 5.82 Å². The summed E-state index contributed by atoms with van der Waals surface area (Å²) in [5.41, 5.74) is 1.88. The van der Waals surface area contributed by atoms with Crippen molar-refractivity contribution in [2.24, 2.45) is 5.92 Å². The molecule has 4 rings (SSSR count). The second-order valence-electron chi connectivity index (χ2n) is 8.11. The first-order valence-electron chi connectivity index (χ1n) is 11.2. The molecule has 0 aliphatic carbocycles. The lowest BCUT2D eigenvalue weighted by molar-refractivity contribution is -0.121. The fourth-order valence-electron chi connectivity index (χ4n) is 3.99. The number of hydrogen-bond acceptors (Lipinski definition) is 5. The third-order valence-corrected chi connectivity index (χ3v) is 5.82. The van der Waals surface area contributed by atoms with E-state index in [9.17, 15) is 4.79 Å².